The zero-order valence-corrected chi connectivity index (χ0v) is 16.5. The van der Waals surface area contributed by atoms with Crippen LogP contribution in [0.4, 0.5) is 0 Å². The average Bonchev–Trinajstić information content (AvgIpc) is 3.25. The monoisotopic (exact) mass is 385 g/mol. The molecule has 1 N–H and O–H groups in total. The topological polar surface area (TPSA) is 72.7 Å². The minimum Gasteiger partial charge on any atom is -0.345 e. The first kappa shape index (κ1) is 18.8. The molecule has 0 aliphatic rings. The summed E-state index contributed by atoms with van der Waals surface area (Å²) in [6, 6.07) is 17.7. The summed E-state index contributed by atoms with van der Waals surface area (Å²) in [5.41, 5.74) is 4.47. The molecule has 4 rings (SSSR count). The van der Waals surface area contributed by atoms with E-state index in [9.17, 15) is 4.79 Å². The van der Waals surface area contributed by atoms with Gasteiger partial charge in [-0.15, -0.1) is 0 Å². The van der Waals surface area contributed by atoms with Crippen LogP contribution < -0.4 is 5.32 Å². The Morgan fingerprint density at radius 1 is 1.10 bits per heavy atom. The van der Waals surface area contributed by atoms with Gasteiger partial charge in [0.25, 0.3) is 5.91 Å². The predicted octanol–water partition coefficient (Wildman–Crippen LogP) is 4.00. The van der Waals surface area contributed by atoms with Crippen LogP contribution in [0, 0.1) is 13.8 Å². The number of fused-ring (bicyclic) bond motifs is 1. The number of aromatic nitrogens is 4. The number of benzene rings is 2. The lowest BCUT2D eigenvalue weighted by atomic mass is 10.0. The van der Waals surface area contributed by atoms with Gasteiger partial charge < -0.3 is 5.32 Å². The highest BCUT2D eigenvalue weighted by molar-refractivity contribution is 6.06. The van der Waals surface area contributed by atoms with Gasteiger partial charge in [0.15, 0.2) is 0 Å². The highest BCUT2D eigenvalue weighted by Gasteiger charge is 2.18. The zero-order chi connectivity index (χ0) is 20.2. The van der Waals surface area contributed by atoms with Crippen molar-refractivity contribution in [3.63, 3.8) is 0 Å². The van der Waals surface area contributed by atoms with E-state index in [1.54, 1.807) is 11.0 Å². The predicted molar refractivity (Wildman–Crippen MR) is 113 cm³/mol. The second kappa shape index (κ2) is 8.22. The third-order valence-corrected chi connectivity index (χ3v) is 4.96. The minimum absolute atomic E-state index is 0.0986. The van der Waals surface area contributed by atoms with Crippen molar-refractivity contribution < 1.29 is 4.79 Å². The molecule has 0 fully saturated rings. The van der Waals surface area contributed by atoms with Crippen LogP contribution in [-0.2, 0) is 6.54 Å². The Labute approximate surface area is 169 Å². The van der Waals surface area contributed by atoms with E-state index < -0.39 is 0 Å². The van der Waals surface area contributed by atoms with E-state index >= 15 is 0 Å². The van der Waals surface area contributed by atoms with E-state index in [4.69, 9.17) is 0 Å². The van der Waals surface area contributed by atoms with Crippen molar-refractivity contribution in [2.24, 2.45) is 0 Å². The van der Waals surface area contributed by atoms with E-state index in [2.05, 4.69) is 20.4 Å². The van der Waals surface area contributed by atoms with Gasteiger partial charge in [-0.05, 0) is 44.0 Å². The number of amides is 1. The van der Waals surface area contributed by atoms with Crippen LogP contribution in [0.3, 0.4) is 0 Å². The molecule has 0 saturated heterocycles. The fourth-order valence-corrected chi connectivity index (χ4v) is 3.51. The van der Waals surface area contributed by atoms with E-state index in [1.807, 2.05) is 68.4 Å². The summed E-state index contributed by atoms with van der Waals surface area (Å²) in [5, 5.41) is 8.26. The molecular formula is C23H23N5O. The molecule has 0 spiro atoms. The van der Waals surface area contributed by atoms with Crippen molar-refractivity contribution in [3.8, 4) is 0 Å². The molecule has 2 aromatic heterocycles. The smallest absolute Gasteiger partial charge is 0.252 e. The third kappa shape index (κ3) is 4.32. The van der Waals surface area contributed by atoms with Crippen LogP contribution in [0.2, 0.25) is 0 Å². The molecule has 1 amide bonds. The number of pyridine rings is 1. The lowest BCUT2D eigenvalue weighted by Crippen LogP contribution is -2.29. The Hall–Kier alpha value is -3.54. The van der Waals surface area contributed by atoms with Crippen LogP contribution in [0.25, 0.3) is 10.9 Å². The first-order chi connectivity index (χ1) is 14.1. The number of rotatable bonds is 6. The van der Waals surface area contributed by atoms with Crippen LogP contribution >= 0.6 is 0 Å². The summed E-state index contributed by atoms with van der Waals surface area (Å²) >= 11 is 0. The fraction of sp³-hybridized carbons (Fsp3) is 0.217. The summed E-state index contributed by atoms with van der Waals surface area (Å²) in [6.45, 7) is 4.59. The Balaban J connectivity index is 1.64. The fourth-order valence-electron chi connectivity index (χ4n) is 3.51. The van der Waals surface area contributed by atoms with Gasteiger partial charge in [0, 0.05) is 17.6 Å². The molecule has 0 aliphatic carbocycles. The number of aryl methyl sites for hydroxylation is 3. The van der Waals surface area contributed by atoms with Crippen LogP contribution in [0.15, 0.2) is 67.3 Å². The SMILES string of the molecule is Cc1ccc2nc(C)cc(C(=O)NC(CCn3cncn3)c3ccccc3)c2c1. The molecule has 146 valence electrons. The van der Waals surface area contributed by atoms with Crippen molar-refractivity contribution in [1.29, 1.82) is 0 Å². The lowest BCUT2D eigenvalue weighted by molar-refractivity contribution is 0.0935. The number of nitrogens with one attached hydrogen (secondary N) is 1. The molecule has 2 heterocycles. The Kier molecular flexibility index (Phi) is 5.33. The quantitative estimate of drug-likeness (QED) is 0.544. The number of nitrogens with zero attached hydrogens (tertiary/aromatic N) is 4. The van der Waals surface area contributed by atoms with Crippen LogP contribution in [0.5, 0.6) is 0 Å². The molecule has 0 saturated carbocycles. The van der Waals surface area contributed by atoms with Gasteiger partial charge in [0.05, 0.1) is 17.1 Å². The second-order valence-electron chi connectivity index (χ2n) is 7.22. The Morgan fingerprint density at radius 2 is 1.93 bits per heavy atom. The molecule has 4 aromatic rings. The number of hydrogen-bond acceptors (Lipinski definition) is 4. The Bertz CT molecular complexity index is 1120. The first-order valence-electron chi connectivity index (χ1n) is 9.66. The van der Waals surface area contributed by atoms with Crippen molar-refractivity contribution >= 4 is 16.8 Å². The van der Waals surface area contributed by atoms with Gasteiger partial charge in [-0.1, -0.05) is 42.0 Å². The third-order valence-electron chi connectivity index (χ3n) is 4.96. The van der Waals surface area contributed by atoms with Crippen molar-refractivity contribution in [3.05, 3.63) is 89.6 Å². The molecule has 6 nitrogen and oxygen atoms in total. The number of carbonyl (C=O) groups is 1. The van der Waals surface area contributed by atoms with Crippen molar-refractivity contribution in [2.45, 2.75) is 32.9 Å². The molecule has 0 aliphatic heterocycles. The summed E-state index contributed by atoms with van der Waals surface area (Å²) in [4.78, 5) is 21.9. The maximum absolute atomic E-state index is 13.3. The van der Waals surface area contributed by atoms with Gasteiger partial charge in [0.1, 0.15) is 12.7 Å². The molecule has 0 bridgehead atoms. The molecule has 0 radical (unpaired) electrons. The summed E-state index contributed by atoms with van der Waals surface area (Å²) in [5.74, 6) is -0.0986. The van der Waals surface area contributed by atoms with Gasteiger partial charge in [-0.3, -0.25) is 14.5 Å². The van der Waals surface area contributed by atoms with E-state index in [0.29, 0.717) is 18.5 Å². The highest BCUT2D eigenvalue weighted by Crippen LogP contribution is 2.23. The minimum atomic E-state index is -0.138. The lowest BCUT2D eigenvalue weighted by Gasteiger charge is -2.20. The zero-order valence-electron chi connectivity index (χ0n) is 16.5. The number of hydrogen-bond donors (Lipinski definition) is 1. The number of carbonyl (C=O) groups excluding carboxylic acids is 1. The summed E-state index contributed by atoms with van der Waals surface area (Å²) in [6.07, 6.45) is 3.91. The van der Waals surface area contributed by atoms with Gasteiger partial charge >= 0.3 is 0 Å². The molecule has 6 heteroatoms. The van der Waals surface area contributed by atoms with Crippen LogP contribution in [0.1, 0.15) is 39.6 Å². The van der Waals surface area contributed by atoms with Crippen molar-refractivity contribution in [2.75, 3.05) is 0 Å². The average molecular weight is 385 g/mol. The Morgan fingerprint density at radius 3 is 2.69 bits per heavy atom. The van der Waals surface area contributed by atoms with E-state index in [0.717, 1.165) is 27.7 Å². The molecule has 1 unspecified atom stereocenters. The summed E-state index contributed by atoms with van der Waals surface area (Å²) < 4.78 is 1.78. The highest BCUT2D eigenvalue weighted by atomic mass is 16.1. The van der Waals surface area contributed by atoms with Crippen molar-refractivity contribution in [1.82, 2.24) is 25.1 Å². The van der Waals surface area contributed by atoms with Gasteiger partial charge in [0.2, 0.25) is 0 Å². The van der Waals surface area contributed by atoms with E-state index in [1.165, 1.54) is 6.33 Å². The van der Waals surface area contributed by atoms with Crippen LogP contribution in [-0.4, -0.2) is 25.7 Å². The normalized spacial score (nSPS) is 12.1. The van der Waals surface area contributed by atoms with Gasteiger partial charge in [-0.2, -0.15) is 5.10 Å². The maximum Gasteiger partial charge on any atom is 0.252 e. The largest absolute Gasteiger partial charge is 0.345 e. The molecular weight excluding hydrogens is 362 g/mol. The second-order valence-corrected chi connectivity index (χ2v) is 7.22. The molecule has 29 heavy (non-hydrogen) atoms. The maximum atomic E-state index is 13.3. The first-order valence-corrected chi connectivity index (χ1v) is 9.66. The van der Waals surface area contributed by atoms with Gasteiger partial charge in [-0.25, -0.2) is 4.98 Å². The molecule has 2 aromatic carbocycles. The standard InChI is InChI=1S/C23H23N5O/c1-16-8-9-22-19(12-16)20(13-17(2)26-22)23(29)27-21(18-6-4-3-5-7-18)10-11-28-15-24-14-25-28/h3-9,12-15,21H,10-11H2,1-2H3,(H,27,29). The van der Waals surface area contributed by atoms with E-state index in [-0.39, 0.29) is 11.9 Å². The summed E-state index contributed by atoms with van der Waals surface area (Å²) in [7, 11) is 0. The molecule has 1 atom stereocenters.